The first-order chi connectivity index (χ1) is 13.7. The number of aromatic nitrogens is 1. The molecule has 0 radical (unpaired) electrons. The molecule has 1 aromatic heterocycles. The van der Waals surface area contributed by atoms with E-state index in [2.05, 4.69) is 9.95 Å². The van der Waals surface area contributed by atoms with Crippen molar-refractivity contribution in [2.75, 3.05) is 0 Å². The average Bonchev–Trinajstić information content (AvgIpc) is 2.68. The molecule has 9 heteroatoms. The van der Waals surface area contributed by atoms with Gasteiger partial charge < -0.3 is 5.11 Å². The zero-order valence-corrected chi connectivity index (χ0v) is 15.2. The molecule has 0 aliphatic heterocycles. The van der Waals surface area contributed by atoms with Gasteiger partial charge in [-0.3, -0.25) is 4.79 Å². The molecule has 0 atom stereocenters. The van der Waals surface area contributed by atoms with Crippen molar-refractivity contribution in [2.24, 2.45) is 5.10 Å². The Hall–Kier alpha value is -3.57. The summed E-state index contributed by atoms with van der Waals surface area (Å²) in [5.41, 5.74) is -3.38. The van der Waals surface area contributed by atoms with Gasteiger partial charge in [-0.25, -0.2) is 9.52 Å². The summed E-state index contributed by atoms with van der Waals surface area (Å²) < 4.78 is 40.9. The summed E-state index contributed by atoms with van der Waals surface area (Å²) in [7, 11) is 0. The lowest BCUT2D eigenvalue weighted by Gasteiger charge is -2.14. The lowest BCUT2D eigenvalue weighted by atomic mass is 10.1. The van der Waals surface area contributed by atoms with Gasteiger partial charge in [-0.05, 0) is 24.3 Å². The first-order valence-corrected chi connectivity index (χ1v) is 8.43. The molecule has 0 spiro atoms. The Morgan fingerprint density at radius 1 is 1.14 bits per heavy atom. The molecule has 3 rings (SSSR count). The molecule has 1 N–H and O–H groups in total. The van der Waals surface area contributed by atoms with E-state index in [1.54, 1.807) is 18.2 Å². The first kappa shape index (κ1) is 20.2. The van der Waals surface area contributed by atoms with Gasteiger partial charge in [0.15, 0.2) is 0 Å². The summed E-state index contributed by atoms with van der Waals surface area (Å²) in [5.74, 6) is -0.190. The van der Waals surface area contributed by atoms with Gasteiger partial charge in [-0.2, -0.15) is 18.3 Å². The highest BCUT2D eigenvalue weighted by Crippen LogP contribution is 2.37. The fourth-order valence-corrected chi connectivity index (χ4v) is 2.77. The number of halogens is 4. The quantitative estimate of drug-likeness (QED) is 0.463. The van der Waals surface area contributed by atoms with Crippen LogP contribution >= 0.6 is 11.6 Å². The van der Waals surface area contributed by atoms with Gasteiger partial charge >= 0.3 is 6.18 Å². The standard InChI is InChI=1S/C20H11ClF3N3O2/c1-25-18-15(20(22,23)24)10-16(12-5-3-2-4-6-12)27(19(18)29)26-11-13-9-14(21)7-8-17(13)28/h2-11,28H/b26-11+. The Morgan fingerprint density at radius 2 is 1.83 bits per heavy atom. The fraction of sp³-hybridized carbons (Fsp3) is 0.0500. The highest BCUT2D eigenvalue weighted by molar-refractivity contribution is 6.30. The maximum atomic E-state index is 13.4. The largest absolute Gasteiger partial charge is 0.507 e. The lowest BCUT2D eigenvalue weighted by Crippen LogP contribution is -2.22. The van der Waals surface area contributed by atoms with Crippen molar-refractivity contribution in [2.45, 2.75) is 6.18 Å². The Kier molecular flexibility index (Phi) is 5.43. The van der Waals surface area contributed by atoms with Crippen LogP contribution in [0, 0.1) is 6.57 Å². The van der Waals surface area contributed by atoms with Crippen LogP contribution in [0.4, 0.5) is 18.9 Å². The van der Waals surface area contributed by atoms with E-state index in [-0.39, 0.29) is 22.0 Å². The number of hydrogen-bond donors (Lipinski definition) is 1. The van der Waals surface area contributed by atoms with Gasteiger partial charge in [0.1, 0.15) is 5.75 Å². The number of rotatable bonds is 3. The minimum Gasteiger partial charge on any atom is -0.507 e. The van der Waals surface area contributed by atoms with Crippen molar-refractivity contribution in [3.63, 3.8) is 0 Å². The van der Waals surface area contributed by atoms with Gasteiger partial charge in [0.05, 0.1) is 24.0 Å². The van der Waals surface area contributed by atoms with E-state index >= 15 is 0 Å². The number of phenolic OH excluding ortho intramolecular Hbond substituents is 1. The number of alkyl halides is 3. The fourth-order valence-electron chi connectivity index (χ4n) is 2.59. The molecule has 1 heterocycles. The van der Waals surface area contributed by atoms with Crippen LogP contribution in [0.1, 0.15) is 11.1 Å². The molecule has 0 unspecified atom stereocenters. The molecule has 0 bridgehead atoms. The van der Waals surface area contributed by atoms with Crippen molar-refractivity contribution >= 4 is 23.5 Å². The second-order valence-electron chi connectivity index (χ2n) is 5.83. The second-order valence-corrected chi connectivity index (χ2v) is 6.27. The van der Waals surface area contributed by atoms with Crippen LogP contribution in [-0.4, -0.2) is 16.0 Å². The molecule has 29 heavy (non-hydrogen) atoms. The Bertz CT molecular complexity index is 1200. The number of benzene rings is 2. The van der Waals surface area contributed by atoms with Crippen molar-refractivity contribution in [1.29, 1.82) is 0 Å². The van der Waals surface area contributed by atoms with Crippen molar-refractivity contribution in [1.82, 2.24) is 4.68 Å². The van der Waals surface area contributed by atoms with Crippen molar-refractivity contribution in [3.8, 4) is 17.0 Å². The van der Waals surface area contributed by atoms with Crippen molar-refractivity contribution < 1.29 is 18.3 Å². The zero-order valence-electron chi connectivity index (χ0n) is 14.5. The number of aromatic hydroxyl groups is 1. The molecule has 146 valence electrons. The highest BCUT2D eigenvalue weighted by Gasteiger charge is 2.36. The van der Waals surface area contributed by atoms with Crippen LogP contribution in [0.15, 0.2) is 64.5 Å². The van der Waals surface area contributed by atoms with Gasteiger partial charge in [0, 0.05) is 16.1 Å². The number of phenols is 1. The Morgan fingerprint density at radius 3 is 2.45 bits per heavy atom. The Balaban J connectivity index is 2.30. The highest BCUT2D eigenvalue weighted by atomic mass is 35.5. The zero-order chi connectivity index (χ0) is 21.2. The van der Waals surface area contributed by atoms with Gasteiger partial charge in [0.25, 0.3) is 11.2 Å². The van der Waals surface area contributed by atoms with Crippen LogP contribution in [0.3, 0.4) is 0 Å². The third-order valence-corrected chi connectivity index (χ3v) is 4.18. The summed E-state index contributed by atoms with van der Waals surface area (Å²) in [6, 6.07) is 12.7. The number of hydrogen-bond acceptors (Lipinski definition) is 3. The molecule has 3 aromatic rings. The summed E-state index contributed by atoms with van der Waals surface area (Å²) in [6.45, 7) is 7.04. The van der Waals surface area contributed by atoms with Crippen LogP contribution in [0.25, 0.3) is 16.1 Å². The summed E-state index contributed by atoms with van der Waals surface area (Å²) in [6.07, 6.45) is -3.81. The maximum absolute atomic E-state index is 13.4. The SMILES string of the molecule is [C-]#[N+]c1c(C(F)(F)F)cc(-c2ccccc2)n(/N=C/c2cc(Cl)ccc2O)c1=O. The van der Waals surface area contributed by atoms with E-state index in [4.69, 9.17) is 18.2 Å². The average molecular weight is 418 g/mol. The Labute approximate surface area is 167 Å². The third-order valence-electron chi connectivity index (χ3n) is 3.95. The first-order valence-electron chi connectivity index (χ1n) is 8.05. The molecular formula is C20H11ClF3N3O2. The molecule has 0 aliphatic carbocycles. The molecular weight excluding hydrogens is 407 g/mol. The molecule has 0 amide bonds. The van der Waals surface area contributed by atoms with Crippen molar-refractivity contribution in [3.05, 3.63) is 92.5 Å². The predicted molar refractivity (Wildman–Crippen MR) is 104 cm³/mol. The predicted octanol–water partition coefficient (Wildman–Crippen LogP) is 5.33. The minimum absolute atomic E-state index is 0.146. The van der Waals surface area contributed by atoms with Crippen LogP contribution < -0.4 is 5.56 Å². The van der Waals surface area contributed by atoms with E-state index in [9.17, 15) is 23.1 Å². The van der Waals surface area contributed by atoms with E-state index in [1.807, 2.05) is 0 Å². The normalized spacial score (nSPS) is 11.6. The van der Waals surface area contributed by atoms with Gasteiger partial charge in [0.2, 0.25) is 0 Å². The molecule has 0 fully saturated rings. The third kappa shape index (κ3) is 4.15. The topological polar surface area (TPSA) is 58.9 Å². The minimum atomic E-state index is -4.89. The lowest BCUT2D eigenvalue weighted by molar-refractivity contribution is -0.136. The van der Waals surface area contributed by atoms with E-state index in [0.29, 0.717) is 16.3 Å². The summed E-state index contributed by atoms with van der Waals surface area (Å²) >= 11 is 5.87. The van der Waals surface area contributed by atoms with Crippen LogP contribution in [0.5, 0.6) is 5.75 Å². The van der Waals surface area contributed by atoms with Gasteiger partial charge in [-0.15, -0.1) is 0 Å². The molecule has 0 saturated carbocycles. The molecule has 0 saturated heterocycles. The van der Waals surface area contributed by atoms with Crippen LogP contribution in [0.2, 0.25) is 5.02 Å². The summed E-state index contributed by atoms with van der Waals surface area (Å²) in [5, 5.41) is 14.1. The van der Waals surface area contributed by atoms with E-state index < -0.39 is 23.0 Å². The molecule has 2 aromatic carbocycles. The van der Waals surface area contributed by atoms with Crippen LogP contribution in [-0.2, 0) is 6.18 Å². The van der Waals surface area contributed by atoms with E-state index in [1.165, 1.54) is 30.3 Å². The number of pyridine rings is 1. The second kappa shape index (κ2) is 7.81. The van der Waals surface area contributed by atoms with Gasteiger partial charge in [-0.1, -0.05) is 41.9 Å². The molecule has 5 nitrogen and oxygen atoms in total. The smallest absolute Gasteiger partial charge is 0.407 e. The number of nitrogens with zero attached hydrogens (tertiary/aromatic N) is 3. The maximum Gasteiger partial charge on any atom is 0.407 e. The van der Waals surface area contributed by atoms with E-state index in [0.717, 1.165) is 6.21 Å². The molecule has 0 aliphatic rings. The summed E-state index contributed by atoms with van der Waals surface area (Å²) in [4.78, 5) is 15.5. The monoisotopic (exact) mass is 417 g/mol.